The maximum atomic E-state index is 17.1. The number of nitriles is 1. The van der Waals surface area contributed by atoms with Crippen molar-refractivity contribution in [3.63, 3.8) is 0 Å². The summed E-state index contributed by atoms with van der Waals surface area (Å²) >= 11 is 0.519. The van der Waals surface area contributed by atoms with E-state index in [-0.39, 0.29) is 47.9 Å². The van der Waals surface area contributed by atoms with Gasteiger partial charge in [-0.3, -0.25) is 0 Å². The molecule has 5 heterocycles. The van der Waals surface area contributed by atoms with Crippen molar-refractivity contribution in [2.45, 2.75) is 57.8 Å². The Bertz CT molecular complexity index is 2060. The van der Waals surface area contributed by atoms with E-state index in [0.717, 1.165) is 12.8 Å². The Morgan fingerprint density at radius 3 is 2.43 bits per heavy atom. The summed E-state index contributed by atoms with van der Waals surface area (Å²) in [7, 11) is 0. The zero-order valence-corrected chi connectivity index (χ0v) is 28.3. The predicted octanol–water partition coefficient (Wildman–Crippen LogP) is 7.33. The number of alkyl halides is 5. The van der Waals surface area contributed by atoms with Crippen LogP contribution in [0.15, 0.2) is 12.1 Å². The normalized spacial score (nSPS) is 24.2. The number of hydrogen-bond donors (Lipinski definition) is 2. The molecule has 17 heteroatoms. The lowest BCUT2D eigenvalue weighted by molar-refractivity contribution is -0.137. The summed E-state index contributed by atoms with van der Waals surface area (Å²) < 4.78 is 127. The molecule has 51 heavy (non-hydrogen) atoms. The molecule has 0 unspecified atom stereocenters. The number of fused-ring (bicyclic) bond motifs is 4. The molecule has 4 atom stereocenters. The number of rotatable bonds is 7. The van der Waals surface area contributed by atoms with E-state index in [2.05, 4.69) is 15.3 Å². The van der Waals surface area contributed by atoms with Crippen molar-refractivity contribution in [2.24, 2.45) is 11.3 Å². The van der Waals surface area contributed by atoms with E-state index in [4.69, 9.17) is 10.5 Å². The van der Waals surface area contributed by atoms with Gasteiger partial charge in [0.25, 0.3) is 0 Å². The minimum Gasteiger partial charge on any atom is -0.463 e. The van der Waals surface area contributed by atoms with Crippen LogP contribution in [0.2, 0.25) is 0 Å². The molecule has 3 aliphatic rings. The lowest BCUT2D eigenvalue weighted by Crippen LogP contribution is -2.52. The van der Waals surface area contributed by atoms with E-state index in [1.165, 1.54) is 0 Å². The average molecular weight is 740 g/mol. The summed E-state index contributed by atoms with van der Waals surface area (Å²) in [5, 5.41) is 12.0. The first-order valence-corrected chi connectivity index (χ1v) is 17.3. The van der Waals surface area contributed by atoms with Crippen LogP contribution >= 0.6 is 11.3 Å². The molecule has 8 nitrogen and oxygen atoms in total. The second kappa shape index (κ2) is 12.9. The van der Waals surface area contributed by atoms with Gasteiger partial charge >= 0.3 is 12.2 Å². The molecule has 7 rings (SSSR count). The van der Waals surface area contributed by atoms with Crippen molar-refractivity contribution < 1.29 is 39.9 Å². The monoisotopic (exact) mass is 739 g/mol. The van der Waals surface area contributed by atoms with Crippen LogP contribution in [0.25, 0.3) is 32.1 Å². The summed E-state index contributed by atoms with van der Waals surface area (Å²) in [4.78, 5) is 12.4. The number of likely N-dealkylation sites (tertiary alicyclic amines) is 1. The molecule has 3 N–H and O–H groups in total. The number of nitrogen functional groups attached to an aromatic ring is 1. The number of nitrogens with two attached hydrogens (primary N) is 1. The first-order chi connectivity index (χ1) is 24.1. The maximum Gasteiger partial charge on any atom is 0.417 e. The minimum atomic E-state index is -5.27. The third kappa shape index (κ3) is 6.08. The number of halogens is 8. The Morgan fingerprint density at radius 2 is 1.80 bits per heavy atom. The van der Waals surface area contributed by atoms with Crippen LogP contribution < -0.4 is 20.7 Å². The topological polar surface area (TPSA) is 103 Å². The average Bonchev–Trinajstić information content (AvgIpc) is 3.60. The molecule has 4 aromatic rings. The Morgan fingerprint density at radius 1 is 1.10 bits per heavy atom. The van der Waals surface area contributed by atoms with Crippen LogP contribution in [-0.4, -0.2) is 72.7 Å². The molecule has 2 bridgehead atoms. The molecular formula is C34H33F8N7OS. The van der Waals surface area contributed by atoms with Crippen molar-refractivity contribution >= 4 is 43.1 Å². The SMILES string of the molecule is CCN1CC[C@H](C(F)F)[C@](C)(COc2nc(N3C[C@H]4CC[C@@H](C3)N4)c3cc(C(F)(F)F)c(-c4c(F)cc(F)c5sc(N)c(C#N)c45)c(F)c3n2)C1. The number of aromatic nitrogens is 2. The van der Waals surface area contributed by atoms with Crippen molar-refractivity contribution in [1.29, 1.82) is 5.26 Å². The van der Waals surface area contributed by atoms with Crippen molar-refractivity contribution in [1.82, 2.24) is 20.2 Å². The zero-order valence-electron chi connectivity index (χ0n) is 27.5. The van der Waals surface area contributed by atoms with E-state index in [1.54, 1.807) is 17.9 Å². The first-order valence-electron chi connectivity index (χ1n) is 16.5. The van der Waals surface area contributed by atoms with E-state index in [0.29, 0.717) is 49.6 Å². The second-order valence-electron chi connectivity index (χ2n) is 13.8. The number of nitrogens with one attached hydrogen (secondary N) is 1. The molecule has 0 aliphatic carbocycles. The number of anilines is 2. The smallest absolute Gasteiger partial charge is 0.417 e. The minimum absolute atomic E-state index is 0.0210. The summed E-state index contributed by atoms with van der Waals surface area (Å²) in [6.07, 6.45) is -6.13. The van der Waals surface area contributed by atoms with Crippen LogP contribution in [0, 0.1) is 40.1 Å². The molecule has 272 valence electrons. The first kappa shape index (κ1) is 35.4. The largest absolute Gasteiger partial charge is 0.463 e. The molecule has 3 fully saturated rings. The van der Waals surface area contributed by atoms with Gasteiger partial charge in [-0.2, -0.15) is 28.4 Å². The van der Waals surface area contributed by atoms with Gasteiger partial charge in [-0.1, -0.05) is 13.8 Å². The number of hydrogen-bond acceptors (Lipinski definition) is 9. The van der Waals surface area contributed by atoms with Gasteiger partial charge < -0.3 is 25.6 Å². The third-order valence-corrected chi connectivity index (χ3v) is 11.5. The van der Waals surface area contributed by atoms with E-state index >= 15 is 8.78 Å². The van der Waals surface area contributed by atoms with Crippen LogP contribution in [0.1, 0.15) is 44.2 Å². The Labute approximate surface area is 291 Å². The van der Waals surface area contributed by atoms with Gasteiger partial charge in [0, 0.05) is 71.0 Å². The molecular weight excluding hydrogens is 706 g/mol. The molecule has 0 radical (unpaired) electrons. The number of piperazine rings is 1. The molecule has 0 spiro atoms. The Balaban J connectivity index is 1.46. The van der Waals surface area contributed by atoms with Gasteiger partial charge in [-0.05, 0) is 38.4 Å². The highest BCUT2D eigenvalue weighted by atomic mass is 32.1. The second-order valence-corrected chi connectivity index (χ2v) is 14.8. The standard InChI is InChI=1S/C34H33F8N7OS/c1-3-48-7-6-19(29(38)39)33(2,13-48)14-50-32-46-27-17(31(47-32)49-11-15-4-5-16(12-49)45-15)8-20(34(40,41)42)24(26(27)37)25-21(35)9-22(36)28-23(25)18(10-43)30(44)51-28/h8-9,15-16,19,29,45H,3-7,11-14,44H2,1-2H3/t15-,16+,19-,33+/m1/s1. The van der Waals surface area contributed by atoms with Gasteiger partial charge in [-0.15, -0.1) is 11.3 Å². The Hall–Kier alpha value is -4.01. The zero-order chi connectivity index (χ0) is 36.6. The quantitative estimate of drug-likeness (QED) is 0.190. The molecule has 3 aliphatic heterocycles. The lowest BCUT2D eigenvalue weighted by atomic mass is 9.73. The highest BCUT2D eigenvalue weighted by Crippen LogP contribution is 2.49. The van der Waals surface area contributed by atoms with Crippen LogP contribution in [0.3, 0.4) is 0 Å². The highest BCUT2D eigenvalue weighted by molar-refractivity contribution is 7.23. The number of thiophene rings is 1. The fourth-order valence-corrected chi connectivity index (χ4v) is 8.91. The summed E-state index contributed by atoms with van der Waals surface area (Å²) in [6.45, 7) is 5.22. The number of ether oxygens (including phenoxy) is 1. The lowest BCUT2D eigenvalue weighted by Gasteiger charge is -2.45. The fraction of sp³-hybridized carbons (Fsp3) is 0.500. The molecule has 0 saturated carbocycles. The molecule has 0 amide bonds. The van der Waals surface area contributed by atoms with E-state index in [9.17, 15) is 31.6 Å². The van der Waals surface area contributed by atoms with Crippen molar-refractivity contribution in [3.8, 4) is 23.2 Å². The van der Waals surface area contributed by atoms with E-state index < -0.39 is 85.3 Å². The third-order valence-electron chi connectivity index (χ3n) is 10.5. The summed E-state index contributed by atoms with van der Waals surface area (Å²) in [6, 6.07) is 2.12. The van der Waals surface area contributed by atoms with Crippen LogP contribution in [0.4, 0.5) is 45.9 Å². The summed E-state index contributed by atoms with van der Waals surface area (Å²) in [5.41, 5.74) is -0.264. The van der Waals surface area contributed by atoms with Gasteiger partial charge in [0.1, 0.15) is 34.0 Å². The van der Waals surface area contributed by atoms with E-state index in [1.807, 2.05) is 11.8 Å². The van der Waals surface area contributed by atoms with Gasteiger partial charge in [0.2, 0.25) is 6.43 Å². The molecule has 3 saturated heterocycles. The number of nitrogens with zero attached hydrogens (tertiary/aromatic N) is 5. The van der Waals surface area contributed by atoms with Crippen molar-refractivity contribution in [2.75, 3.05) is 50.0 Å². The van der Waals surface area contributed by atoms with Crippen LogP contribution in [0.5, 0.6) is 6.01 Å². The highest BCUT2D eigenvalue weighted by Gasteiger charge is 2.45. The fourth-order valence-electron chi connectivity index (χ4n) is 7.97. The van der Waals surface area contributed by atoms with Gasteiger partial charge in [0.05, 0.1) is 22.4 Å². The predicted molar refractivity (Wildman–Crippen MR) is 176 cm³/mol. The Kier molecular flexibility index (Phi) is 8.94. The summed E-state index contributed by atoms with van der Waals surface area (Å²) in [5.74, 6) is -5.46. The molecule has 2 aromatic heterocycles. The van der Waals surface area contributed by atoms with Gasteiger partial charge in [0.15, 0.2) is 5.82 Å². The van der Waals surface area contributed by atoms with Crippen molar-refractivity contribution in [3.05, 3.63) is 40.7 Å². The number of benzene rings is 2. The van der Waals surface area contributed by atoms with Gasteiger partial charge in [-0.25, -0.2) is 22.0 Å². The van der Waals surface area contributed by atoms with Crippen LogP contribution in [-0.2, 0) is 6.18 Å². The number of piperidine rings is 1. The maximum absolute atomic E-state index is 17.1. The molecule has 2 aromatic carbocycles.